The molecule has 0 aliphatic rings. The van der Waals surface area contributed by atoms with Gasteiger partial charge in [-0.05, 0) is 67.1 Å². The van der Waals surface area contributed by atoms with Gasteiger partial charge < -0.3 is 25.0 Å². The summed E-state index contributed by atoms with van der Waals surface area (Å²) in [6.07, 6.45) is -7.36. The monoisotopic (exact) mass is 601 g/mol. The number of carbonyl (C=O) groups excluding carboxylic acids is 2. The molecule has 222 valence electrons. The summed E-state index contributed by atoms with van der Waals surface area (Å²) in [7, 11) is 1.50. The van der Waals surface area contributed by atoms with E-state index in [4.69, 9.17) is 0 Å². The SMILES string of the molecule is CC(C)c1c(C(=O)N(C)Cc2ccc(C(F)(F)F)cc2)nn(-c2ccc(F)cc2)c1CC[C@@H](O)C[C@@H](O)CC(=O)[O-].[Na+]. The van der Waals surface area contributed by atoms with Gasteiger partial charge in [0.25, 0.3) is 5.91 Å². The van der Waals surface area contributed by atoms with Crippen LogP contribution in [0.4, 0.5) is 17.6 Å². The molecule has 0 saturated heterocycles. The van der Waals surface area contributed by atoms with Crippen molar-refractivity contribution in [2.75, 3.05) is 7.05 Å². The standard InChI is InChI=1S/C29H33F4N3O5.Na/c1-17(2)26-24(13-12-22(37)14-23(38)15-25(39)40)36(21-10-8-20(30)9-11-21)34-27(26)28(41)35(3)16-18-4-6-19(7-5-18)29(31,32)33;/h4-11,17,22-23,37-38H,12-16H2,1-3H3,(H,39,40);/q;+1/p-1/t22-,23-;/m1./s1. The molecule has 0 aliphatic carbocycles. The molecule has 2 aromatic carbocycles. The fourth-order valence-corrected chi connectivity index (χ4v) is 4.60. The Morgan fingerprint density at radius 3 is 2.14 bits per heavy atom. The van der Waals surface area contributed by atoms with Crippen LogP contribution in [-0.2, 0) is 23.9 Å². The predicted octanol–water partition coefficient (Wildman–Crippen LogP) is 0.614. The van der Waals surface area contributed by atoms with Crippen molar-refractivity contribution < 1.29 is 72.0 Å². The van der Waals surface area contributed by atoms with Crippen molar-refractivity contribution in [1.82, 2.24) is 14.7 Å². The third-order valence-corrected chi connectivity index (χ3v) is 6.58. The summed E-state index contributed by atoms with van der Waals surface area (Å²) in [5.74, 6) is -2.62. The van der Waals surface area contributed by atoms with Crippen molar-refractivity contribution in [1.29, 1.82) is 0 Å². The van der Waals surface area contributed by atoms with Gasteiger partial charge in [-0.2, -0.15) is 18.3 Å². The fourth-order valence-electron chi connectivity index (χ4n) is 4.60. The van der Waals surface area contributed by atoms with Gasteiger partial charge >= 0.3 is 35.7 Å². The van der Waals surface area contributed by atoms with Crippen LogP contribution >= 0.6 is 0 Å². The number of amides is 1. The van der Waals surface area contributed by atoms with Crippen LogP contribution in [0.5, 0.6) is 0 Å². The second-order valence-electron chi connectivity index (χ2n) is 10.3. The van der Waals surface area contributed by atoms with Crippen molar-refractivity contribution in [2.24, 2.45) is 0 Å². The Hall–Kier alpha value is -2.77. The zero-order valence-corrected chi connectivity index (χ0v) is 25.9. The van der Waals surface area contributed by atoms with E-state index in [0.29, 0.717) is 22.5 Å². The van der Waals surface area contributed by atoms with E-state index in [1.54, 1.807) is 0 Å². The second kappa shape index (κ2) is 15.1. The van der Waals surface area contributed by atoms with E-state index in [1.165, 1.54) is 53.0 Å². The Labute approximate surface area is 263 Å². The largest absolute Gasteiger partial charge is 1.00 e. The molecule has 1 aromatic heterocycles. The number of carboxylic acids is 1. The molecule has 2 atom stereocenters. The molecule has 1 heterocycles. The first-order valence-electron chi connectivity index (χ1n) is 13.0. The van der Waals surface area contributed by atoms with E-state index < -0.39 is 48.1 Å². The third kappa shape index (κ3) is 9.37. The Morgan fingerprint density at radius 2 is 1.62 bits per heavy atom. The van der Waals surface area contributed by atoms with E-state index in [2.05, 4.69) is 5.10 Å². The van der Waals surface area contributed by atoms with Crippen LogP contribution in [0.15, 0.2) is 48.5 Å². The Kier molecular flexibility index (Phi) is 12.7. The van der Waals surface area contributed by atoms with Gasteiger partial charge in [0.15, 0.2) is 5.69 Å². The zero-order valence-electron chi connectivity index (χ0n) is 23.9. The van der Waals surface area contributed by atoms with E-state index in [1.807, 2.05) is 13.8 Å². The van der Waals surface area contributed by atoms with Gasteiger partial charge in [0.05, 0.1) is 23.5 Å². The fraction of sp³-hybridized carbons (Fsp3) is 0.414. The van der Waals surface area contributed by atoms with Crippen LogP contribution in [0.1, 0.15) is 71.9 Å². The van der Waals surface area contributed by atoms with Gasteiger partial charge in [-0.1, -0.05) is 26.0 Å². The second-order valence-corrected chi connectivity index (χ2v) is 10.3. The molecule has 13 heteroatoms. The quantitative estimate of drug-likeness (QED) is 0.232. The number of halogens is 4. The zero-order chi connectivity index (χ0) is 30.5. The minimum atomic E-state index is -4.48. The van der Waals surface area contributed by atoms with Crippen LogP contribution in [0.25, 0.3) is 5.69 Å². The number of carbonyl (C=O) groups is 2. The molecular formula is C29H32F4N3NaO5. The van der Waals surface area contributed by atoms with Crippen LogP contribution in [-0.4, -0.2) is 56.0 Å². The maximum absolute atomic E-state index is 13.7. The summed E-state index contributed by atoms with van der Waals surface area (Å²) in [6, 6.07) is 9.93. The first-order chi connectivity index (χ1) is 19.2. The van der Waals surface area contributed by atoms with Gasteiger partial charge in [0, 0.05) is 37.2 Å². The molecule has 8 nitrogen and oxygen atoms in total. The average molecular weight is 602 g/mol. The van der Waals surface area contributed by atoms with Gasteiger partial charge in [0.2, 0.25) is 0 Å². The molecule has 0 radical (unpaired) electrons. The summed E-state index contributed by atoms with van der Waals surface area (Å²) in [5, 5.41) is 35.6. The summed E-state index contributed by atoms with van der Waals surface area (Å²) in [5.41, 5.74) is 1.37. The molecule has 3 rings (SSSR count). The number of rotatable bonds is 12. The maximum atomic E-state index is 13.7. The summed E-state index contributed by atoms with van der Waals surface area (Å²) < 4.78 is 53.9. The third-order valence-electron chi connectivity index (χ3n) is 6.58. The van der Waals surface area contributed by atoms with Crippen molar-refractivity contribution in [2.45, 2.75) is 70.4 Å². The number of nitrogens with zero attached hydrogens (tertiary/aromatic N) is 3. The van der Waals surface area contributed by atoms with Crippen molar-refractivity contribution in [3.05, 3.63) is 82.4 Å². The van der Waals surface area contributed by atoms with E-state index in [9.17, 15) is 42.5 Å². The average Bonchev–Trinajstić information content (AvgIpc) is 3.26. The number of aliphatic hydroxyl groups is 2. The molecule has 2 N–H and O–H groups in total. The van der Waals surface area contributed by atoms with Gasteiger partial charge in [-0.3, -0.25) is 4.79 Å². The minimum absolute atomic E-state index is 0. The number of aliphatic carboxylic acids is 1. The topological polar surface area (TPSA) is 119 Å². The van der Waals surface area contributed by atoms with Crippen LogP contribution < -0.4 is 34.7 Å². The maximum Gasteiger partial charge on any atom is 1.00 e. The van der Waals surface area contributed by atoms with Gasteiger partial charge in [-0.15, -0.1) is 0 Å². The molecule has 0 aliphatic heterocycles. The first kappa shape index (κ1) is 35.4. The number of hydrogen-bond donors (Lipinski definition) is 2. The molecule has 1 amide bonds. The van der Waals surface area contributed by atoms with Crippen molar-refractivity contribution in [3.8, 4) is 5.69 Å². The molecule has 0 saturated carbocycles. The first-order valence-corrected chi connectivity index (χ1v) is 13.0. The Morgan fingerprint density at radius 1 is 1.02 bits per heavy atom. The van der Waals surface area contributed by atoms with Crippen LogP contribution in [0, 0.1) is 5.82 Å². The number of alkyl halides is 3. The van der Waals surface area contributed by atoms with Gasteiger partial charge in [0.1, 0.15) is 5.82 Å². The molecule has 0 bridgehead atoms. The molecule has 42 heavy (non-hydrogen) atoms. The predicted molar refractivity (Wildman–Crippen MR) is 139 cm³/mol. The molecule has 0 spiro atoms. The van der Waals surface area contributed by atoms with Crippen LogP contribution in [0.2, 0.25) is 0 Å². The normalized spacial score (nSPS) is 13.0. The number of aromatic nitrogens is 2. The van der Waals surface area contributed by atoms with E-state index >= 15 is 0 Å². The summed E-state index contributed by atoms with van der Waals surface area (Å²) in [6.45, 7) is 3.71. The number of carboxylic acid groups (broad SMARTS) is 1. The van der Waals surface area contributed by atoms with Crippen LogP contribution in [0.3, 0.4) is 0 Å². The number of benzene rings is 2. The number of aliphatic hydroxyl groups excluding tert-OH is 2. The van der Waals surface area contributed by atoms with Gasteiger partial charge in [-0.25, -0.2) is 9.07 Å². The molecule has 3 aromatic rings. The van der Waals surface area contributed by atoms with Crippen molar-refractivity contribution >= 4 is 11.9 Å². The van der Waals surface area contributed by atoms with Crippen molar-refractivity contribution in [3.63, 3.8) is 0 Å². The molecule has 0 unspecified atom stereocenters. The molecular weight excluding hydrogens is 569 g/mol. The van der Waals surface area contributed by atoms with E-state index in [-0.39, 0.29) is 67.0 Å². The van der Waals surface area contributed by atoms with E-state index in [0.717, 1.165) is 12.1 Å². The summed E-state index contributed by atoms with van der Waals surface area (Å²) >= 11 is 0. The number of hydrogen-bond acceptors (Lipinski definition) is 6. The Bertz CT molecular complexity index is 1350. The Balaban J connectivity index is 0.00000616. The minimum Gasteiger partial charge on any atom is -0.550 e. The smallest absolute Gasteiger partial charge is 0.550 e. The molecule has 0 fully saturated rings. The summed E-state index contributed by atoms with van der Waals surface area (Å²) in [4.78, 5) is 25.7.